The van der Waals surface area contributed by atoms with E-state index in [0.29, 0.717) is 12.6 Å². The van der Waals surface area contributed by atoms with Gasteiger partial charge in [-0.1, -0.05) is 0 Å². The van der Waals surface area contributed by atoms with Gasteiger partial charge in [0, 0.05) is 0 Å². The second kappa shape index (κ2) is 3.04. The first-order valence-electron chi connectivity index (χ1n) is 1.65. The van der Waals surface area contributed by atoms with Gasteiger partial charge in [0.05, 0.1) is 6.07 Å². The van der Waals surface area contributed by atoms with Gasteiger partial charge in [-0.25, -0.2) is 0 Å². The van der Waals surface area contributed by atoms with Crippen LogP contribution in [0.25, 0.3) is 0 Å². The maximum absolute atomic E-state index is 9.51. The SMILES string of the molecule is N#CC(C=O)C=O. The van der Waals surface area contributed by atoms with Crippen LogP contribution in [-0.4, -0.2) is 12.6 Å². The van der Waals surface area contributed by atoms with Gasteiger partial charge < -0.3 is 9.59 Å². The van der Waals surface area contributed by atoms with Crippen LogP contribution >= 0.6 is 0 Å². The minimum atomic E-state index is -1.07. The summed E-state index contributed by atoms with van der Waals surface area (Å²) in [5, 5.41) is 7.81. The van der Waals surface area contributed by atoms with Crippen molar-refractivity contribution in [3.63, 3.8) is 0 Å². The van der Waals surface area contributed by atoms with Crippen molar-refractivity contribution in [3.05, 3.63) is 0 Å². The lowest BCUT2D eigenvalue weighted by atomic mass is 10.2. The maximum Gasteiger partial charge on any atom is 0.157 e. The van der Waals surface area contributed by atoms with Gasteiger partial charge in [0.25, 0.3) is 0 Å². The third-order valence-corrected chi connectivity index (χ3v) is 0.442. The Morgan fingerprint density at radius 1 is 1.43 bits per heavy atom. The molecule has 0 fully saturated rings. The van der Waals surface area contributed by atoms with E-state index < -0.39 is 5.92 Å². The van der Waals surface area contributed by atoms with E-state index in [9.17, 15) is 9.59 Å². The van der Waals surface area contributed by atoms with Gasteiger partial charge in [-0.05, 0) is 0 Å². The van der Waals surface area contributed by atoms with E-state index in [2.05, 4.69) is 0 Å². The summed E-state index contributed by atoms with van der Waals surface area (Å²) in [6, 6.07) is 1.47. The molecule has 0 aliphatic rings. The highest BCUT2D eigenvalue weighted by atomic mass is 16.1. The summed E-state index contributed by atoms with van der Waals surface area (Å²) in [4.78, 5) is 19.0. The predicted molar refractivity (Wildman–Crippen MR) is 21.2 cm³/mol. The summed E-state index contributed by atoms with van der Waals surface area (Å²) in [5.74, 6) is -1.07. The van der Waals surface area contributed by atoms with Crippen LogP contribution in [0.15, 0.2) is 0 Å². The second-order valence-electron chi connectivity index (χ2n) is 0.927. The molecule has 0 aliphatic carbocycles. The number of nitrogens with zero attached hydrogens (tertiary/aromatic N) is 1. The van der Waals surface area contributed by atoms with Crippen LogP contribution in [0, 0.1) is 17.2 Å². The van der Waals surface area contributed by atoms with Crippen molar-refractivity contribution < 1.29 is 9.59 Å². The van der Waals surface area contributed by atoms with E-state index >= 15 is 0 Å². The van der Waals surface area contributed by atoms with Crippen LogP contribution in [0.4, 0.5) is 0 Å². The molecule has 7 heavy (non-hydrogen) atoms. The first-order chi connectivity index (χ1) is 3.35. The lowest BCUT2D eigenvalue weighted by molar-refractivity contribution is -0.117. The summed E-state index contributed by atoms with van der Waals surface area (Å²) in [6.45, 7) is 0. The van der Waals surface area contributed by atoms with Gasteiger partial charge in [0.1, 0.15) is 12.6 Å². The fourth-order valence-electron chi connectivity index (χ4n) is 0.0929. The van der Waals surface area contributed by atoms with Crippen molar-refractivity contribution in [2.24, 2.45) is 5.92 Å². The second-order valence-corrected chi connectivity index (χ2v) is 0.927. The van der Waals surface area contributed by atoms with E-state index in [1.807, 2.05) is 0 Å². The first kappa shape index (κ1) is 5.83. The van der Waals surface area contributed by atoms with E-state index in [0.717, 1.165) is 0 Å². The monoisotopic (exact) mass is 97.0 g/mol. The number of hydrogen-bond donors (Lipinski definition) is 0. The Morgan fingerprint density at radius 2 is 1.86 bits per heavy atom. The van der Waals surface area contributed by atoms with Gasteiger partial charge in [-0.15, -0.1) is 0 Å². The van der Waals surface area contributed by atoms with Gasteiger partial charge in [-0.3, -0.25) is 0 Å². The molecule has 0 bridgehead atoms. The zero-order valence-corrected chi connectivity index (χ0v) is 3.50. The molecule has 36 valence electrons. The summed E-state index contributed by atoms with van der Waals surface area (Å²) in [6.07, 6.45) is 0.597. The van der Waals surface area contributed by atoms with E-state index in [4.69, 9.17) is 5.26 Å². The highest BCUT2D eigenvalue weighted by Gasteiger charge is 1.98. The zero-order valence-electron chi connectivity index (χ0n) is 3.50. The topological polar surface area (TPSA) is 57.9 Å². The van der Waals surface area contributed by atoms with Crippen molar-refractivity contribution in [2.75, 3.05) is 0 Å². The van der Waals surface area contributed by atoms with Crippen molar-refractivity contribution in [1.82, 2.24) is 0 Å². The largest absolute Gasteiger partial charge is 0.301 e. The molecule has 3 heteroatoms. The van der Waals surface area contributed by atoms with Gasteiger partial charge in [0.15, 0.2) is 5.92 Å². The van der Waals surface area contributed by atoms with Crippen molar-refractivity contribution in [2.45, 2.75) is 0 Å². The molecule has 0 aromatic rings. The van der Waals surface area contributed by atoms with E-state index in [-0.39, 0.29) is 0 Å². The fraction of sp³-hybridized carbons (Fsp3) is 0.250. The lowest BCUT2D eigenvalue weighted by Crippen LogP contribution is -1.97. The maximum atomic E-state index is 9.51. The molecular weight excluding hydrogens is 94.0 g/mol. The fourth-order valence-corrected chi connectivity index (χ4v) is 0.0929. The van der Waals surface area contributed by atoms with Gasteiger partial charge in [0.2, 0.25) is 0 Å². The minimum absolute atomic E-state index is 0.299. The molecule has 0 unspecified atom stereocenters. The molecule has 3 nitrogen and oxygen atoms in total. The molecule has 0 radical (unpaired) electrons. The van der Waals surface area contributed by atoms with Crippen LogP contribution in [0.2, 0.25) is 0 Å². The summed E-state index contributed by atoms with van der Waals surface area (Å²) in [5.41, 5.74) is 0. The van der Waals surface area contributed by atoms with E-state index in [1.165, 1.54) is 6.07 Å². The van der Waals surface area contributed by atoms with Crippen LogP contribution in [0.5, 0.6) is 0 Å². The Bertz CT molecular complexity index is 105. The first-order valence-corrected chi connectivity index (χ1v) is 1.65. The lowest BCUT2D eigenvalue weighted by Gasteiger charge is -1.75. The zero-order chi connectivity index (χ0) is 5.70. The number of nitriles is 1. The molecular formula is C4H3NO2. The Morgan fingerprint density at radius 3 is 1.86 bits per heavy atom. The molecule has 0 heterocycles. The third kappa shape index (κ3) is 1.66. The molecule has 0 spiro atoms. The highest BCUT2D eigenvalue weighted by Crippen LogP contribution is 1.76. The Labute approximate surface area is 40.5 Å². The Kier molecular flexibility index (Phi) is 2.53. The smallest absolute Gasteiger partial charge is 0.157 e. The van der Waals surface area contributed by atoms with Crippen LogP contribution in [0.3, 0.4) is 0 Å². The predicted octanol–water partition coefficient (Wildman–Crippen LogP) is -0.476. The summed E-state index contributed by atoms with van der Waals surface area (Å²) in [7, 11) is 0. The van der Waals surface area contributed by atoms with Crippen molar-refractivity contribution >= 4 is 12.6 Å². The quantitative estimate of drug-likeness (QED) is 0.345. The molecule has 0 atom stereocenters. The molecule has 0 aliphatic heterocycles. The molecule has 0 saturated carbocycles. The third-order valence-electron chi connectivity index (χ3n) is 0.442. The number of hydrogen-bond acceptors (Lipinski definition) is 3. The molecule has 0 aromatic carbocycles. The number of aldehydes is 2. The summed E-state index contributed by atoms with van der Waals surface area (Å²) < 4.78 is 0. The number of carbonyl (C=O) groups is 2. The van der Waals surface area contributed by atoms with Gasteiger partial charge >= 0.3 is 0 Å². The normalized spacial score (nSPS) is 7.43. The molecule has 0 N–H and O–H groups in total. The van der Waals surface area contributed by atoms with Crippen LogP contribution in [0.1, 0.15) is 0 Å². The highest BCUT2D eigenvalue weighted by molar-refractivity contribution is 5.80. The van der Waals surface area contributed by atoms with Crippen molar-refractivity contribution in [3.8, 4) is 6.07 Å². The van der Waals surface area contributed by atoms with Gasteiger partial charge in [-0.2, -0.15) is 5.26 Å². The summed E-state index contributed by atoms with van der Waals surface area (Å²) >= 11 is 0. The average Bonchev–Trinajstić information content (AvgIpc) is 1.72. The molecule has 0 amide bonds. The Hall–Kier alpha value is -1.17. The van der Waals surface area contributed by atoms with Crippen LogP contribution in [-0.2, 0) is 9.59 Å². The number of carbonyl (C=O) groups excluding carboxylic acids is 2. The van der Waals surface area contributed by atoms with Crippen LogP contribution < -0.4 is 0 Å². The average molecular weight is 97.1 g/mol. The Balaban J connectivity index is 3.65. The molecule has 0 rings (SSSR count). The minimum Gasteiger partial charge on any atom is -0.301 e. The molecule has 0 aromatic heterocycles. The molecule has 0 saturated heterocycles. The van der Waals surface area contributed by atoms with Crippen molar-refractivity contribution in [1.29, 1.82) is 5.26 Å². The number of rotatable bonds is 2. The van der Waals surface area contributed by atoms with E-state index in [1.54, 1.807) is 0 Å². The standard InChI is InChI=1S/C4H3NO2/c5-1-4(2-6)3-7/h2-4H.